The molecular weight excluding hydrogens is 848 g/mol. The summed E-state index contributed by atoms with van der Waals surface area (Å²) in [4.78, 5) is 73.2. The Bertz CT molecular complexity index is 2670. The average Bonchev–Trinajstić information content (AvgIpc) is 3.28. The third kappa shape index (κ3) is 8.38. The van der Waals surface area contributed by atoms with E-state index in [1.54, 1.807) is 30.3 Å². The van der Waals surface area contributed by atoms with Gasteiger partial charge in [0.05, 0.1) is 21.9 Å². The molecule has 338 valence electrons. The van der Waals surface area contributed by atoms with E-state index in [0.717, 1.165) is 55.1 Å². The summed E-state index contributed by atoms with van der Waals surface area (Å²) < 4.78 is 7.45. The van der Waals surface area contributed by atoms with Crippen LogP contribution in [0.2, 0.25) is 5.02 Å². The van der Waals surface area contributed by atoms with Gasteiger partial charge in [0.2, 0.25) is 11.8 Å². The van der Waals surface area contributed by atoms with Gasteiger partial charge in [0.25, 0.3) is 17.4 Å². The van der Waals surface area contributed by atoms with Gasteiger partial charge in [-0.25, -0.2) is 0 Å². The number of piperidine rings is 2. The highest BCUT2D eigenvalue weighted by molar-refractivity contribution is 6.31. The molecule has 1 aromatic heterocycles. The van der Waals surface area contributed by atoms with E-state index in [4.69, 9.17) is 16.3 Å². The van der Waals surface area contributed by atoms with Crippen LogP contribution >= 0.6 is 11.6 Å². The van der Waals surface area contributed by atoms with Crippen molar-refractivity contribution in [3.63, 3.8) is 0 Å². The number of piperazine rings is 1. The Kier molecular flexibility index (Phi) is 11.5. The number of nitrogens with one attached hydrogen (secondary N) is 2. The van der Waals surface area contributed by atoms with Crippen LogP contribution in [-0.4, -0.2) is 113 Å². The first kappa shape index (κ1) is 43.8. The Morgan fingerprint density at radius 1 is 0.877 bits per heavy atom. The van der Waals surface area contributed by atoms with E-state index in [9.17, 15) is 29.2 Å². The summed E-state index contributed by atoms with van der Waals surface area (Å²) in [5.74, 6) is -0.424. The lowest BCUT2D eigenvalue weighted by atomic mass is 9.49. The summed E-state index contributed by atoms with van der Waals surface area (Å²) in [5.41, 5.74) is 3.49. The zero-order chi connectivity index (χ0) is 45.8. The Morgan fingerprint density at radius 2 is 1.57 bits per heavy atom. The number of benzene rings is 3. The highest BCUT2D eigenvalue weighted by Crippen LogP contribution is 2.55. The van der Waals surface area contributed by atoms with E-state index in [1.807, 2.05) is 35.2 Å². The topological polar surface area (TPSA) is 186 Å². The van der Waals surface area contributed by atoms with Crippen molar-refractivity contribution >= 4 is 57.5 Å². The van der Waals surface area contributed by atoms with E-state index in [-0.39, 0.29) is 59.5 Å². The third-order valence-corrected chi connectivity index (χ3v) is 14.4. The molecule has 4 saturated heterocycles. The molecule has 1 saturated carbocycles. The van der Waals surface area contributed by atoms with Gasteiger partial charge in [-0.15, -0.1) is 5.10 Å². The van der Waals surface area contributed by atoms with E-state index in [0.29, 0.717) is 59.0 Å². The fraction of sp³-hybridized carbons (Fsp3) is 0.458. The molecule has 9 rings (SSSR count). The van der Waals surface area contributed by atoms with Gasteiger partial charge in [0.1, 0.15) is 29.5 Å². The van der Waals surface area contributed by atoms with Crippen LogP contribution in [0.5, 0.6) is 5.75 Å². The first-order valence-electron chi connectivity index (χ1n) is 22.3. The van der Waals surface area contributed by atoms with Gasteiger partial charge in [-0.05, 0) is 80.1 Å². The minimum absolute atomic E-state index is 0.123. The summed E-state index contributed by atoms with van der Waals surface area (Å²) in [5, 5.41) is 23.6. The molecule has 0 spiro atoms. The highest BCUT2D eigenvalue weighted by Gasteiger charge is 2.64. The number of hydrogen-bond donors (Lipinski definition) is 2. The summed E-state index contributed by atoms with van der Waals surface area (Å²) in [6.07, 6.45) is 4.09. The van der Waals surface area contributed by atoms with Crippen LogP contribution in [-0.2, 0) is 14.4 Å². The van der Waals surface area contributed by atoms with Crippen molar-refractivity contribution < 1.29 is 23.9 Å². The van der Waals surface area contributed by atoms with Crippen LogP contribution in [0.3, 0.4) is 0 Å². The highest BCUT2D eigenvalue weighted by atomic mass is 35.5. The zero-order valence-corrected chi connectivity index (χ0v) is 37.8. The van der Waals surface area contributed by atoms with Crippen molar-refractivity contribution in [3.8, 4) is 11.8 Å². The van der Waals surface area contributed by atoms with Crippen molar-refractivity contribution in [1.82, 2.24) is 35.4 Å². The number of likely N-dealkylation sites (tertiary alicyclic amines) is 1. The van der Waals surface area contributed by atoms with Gasteiger partial charge in [0.15, 0.2) is 0 Å². The van der Waals surface area contributed by atoms with Gasteiger partial charge >= 0.3 is 0 Å². The Hall–Kier alpha value is -6.47. The quantitative estimate of drug-likeness (QED) is 0.222. The van der Waals surface area contributed by atoms with Crippen molar-refractivity contribution in [2.75, 3.05) is 62.2 Å². The minimum atomic E-state index is -0.891. The molecule has 0 radical (unpaired) electrons. The van der Waals surface area contributed by atoms with Crippen molar-refractivity contribution in [3.05, 3.63) is 98.9 Å². The average molecular weight is 901 g/mol. The summed E-state index contributed by atoms with van der Waals surface area (Å²) >= 11 is 6.26. The fourth-order valence-corrected chi connectivity index (χ4v) is 10.8. The first-order valence-corrected chi connectivity index (χ1v) is 22.7. The molecule has 5 heterocycles. The van der Waals surface area contributed by atoms with Gasteiger partial charge in [-0.1, -0.05) is 50.1 Å². The van der Waals surface area contributed by atoms with Crippen molar-refractivity contribution in [2.24, 2.45) is 16.7 Å². The van der Waals surface area contributed by atoms with Crippen LogP contribution < -0.4 is 30.7 Å². The number of imide groups is 1. The number of anilines is 2. The molecule has 1 aliphatic carbocycles. The lowest BCUT2D eigenvalue weighted by Gasteiger charge is -2.63. The van der Waals surface area contributed by atoms with Gasteiger partial charge < -0.3 is 29.7 Å². The Balaban J connectivity index is 0.718. The van der Waals surface area contributed by atoms with Crippen molar-refractivity contribution in [2.45, 2.75) is 71.6 Å². The van der Waals surface area contributed by atoms with Crippen LogP contribution in [0.15, 0.2) is 77.2 Å². The third-order valence-electron chi connectivity index (χ3n) is 14.1. The molecule has 2 N–H and O–H groups in total. The number of fused-ring (bicyclic) bond motifs is 1. The number of rotatable bonds is 9. The van der Waals surface area contributed by atoms with Gasteiger partial charge in [0, 0.05) is 98.7 Å². The number of carbonyl (C=O) groups excluding carboxylic acids is 4. The van der Waals surface area contributed by atoms with Gasteiger partial charge in [-0.2, -0.15) is 9.94 Å². The Labute approximate surface area is 382 Å². The number of amides is 4. The number of hydrogen-bond acceptors (Lipinski definition) is 12. The molecule has 1 atom stereocenters. The van der Waals surface area contributed by atoms with Gasteiger partial charge in [-0.3, -0.25) is 29.3 Å². The number of nitriles is 1. The van der Waals surface area contributed by atoms with E-state index < -0.39 is 17.5 Å². The molecule has 17 heteroatoms. The number of aromatic nitrogens is 3. The fourth-order valence-electron chi connectivity index (χ4n) is 10.6. The number of carbonyl (C=O) groups is 4. The van der Waals surface area contributed by atoms with E-state index in [2.05, 4.69) is 75.6 Å². The molecule has 5 aliphatic rings. The molecule has 4 aliphatic heterocycles. The maximum absolute atomic E-state index is 13.5. The summed E-state index contributed by atoms with van der Waals surface area (Å²) in [7, 11) is 0. The molecule has 16 nitrogen and oxygen atoms in total. The molecule has 0 bridgehead atoms. The number of nitrogens with zero attached hydrogens (tertiary/aromatic N) is 8. The summed E-state index contributed by atoms with van der Waals surface area (Å²) in [6, 6.07) is 19.3. The standard InChI is InChI=1S/C48H53ClN10O6/c1-47(2)45(48(3,4)46(47)65-35-11-7-31(25-50)37(49)24-35)52-41(61)30-5-8-33(9-6-30)56-21-19-55(20-22-56)26-29-15-17-57(18-16-29)43(63)32-27-58(28-32)34-10-12-38-36(23-34)44(64)59(54-53-38)39-13-14-40(60)51-42(39)62/h5-12,23-24,26,32,39,45-46H,13-22,27-28H2,1-4H3,(H,52,61)(H,51,60,62)/t39?,45-,46-. The van der Waals surface area contributed by atoms with Crippen LogP contribution in [0.4, 0.5) is 11.4 Å². The molecular formula is C48H53ClN10O6. The molecule has 4 aromatic rings. The second-order valence-electron chi connectivity index (χ2n) is 19.1. The monoisotopic (exact) mass is 900 g/mol. The van der Waals surface area contributed by atoms with E-state index in [1.165, 1.54) is 5.57 Å². The largest absolute Gasteiger partial charge is 0.489 e. The minimum Gasteiger partial charge on any atom is -0.489 e. The first-order chi connectivity index (χ1) is 31.1. The van der Waals surface area contributed by atoms with E-state index >= 15 is 0 Å². The normalized spacial score (nSPS) is 23.0. The summed E-state index contributed by atoms with van der Waals surface area (Å²) in [6.45, 7) is 14.3. The molecule has 3 aromatic carbocycles. The predicted octanol–water partition coefficient (Wildman–Crippen LogP) is 4.67. The maximum atomic E-state index is 13.5. The SMILES string of the molecule is CC1(C)[C@H](NC(=O)c2ccc(N3CCN(C=C4CCN(C(=O)C5CN(c6ccc7nnn(C8CCC(=O)NC8=O)c(=O)c7c6)C5)CC4)CC3)cc2)C(C)(C)[C@H]1Oc1ccc(C#N)c(Cl)c1. The van der Waals surface area contributed by atoms with Crippen LogP contribution in [0, 0.1) is 28.1 Å². The molecule has 1 unspecified atom stereocenters. The molecule has 4 amide bonds. The number of halogens is 1. The predicted molar refractivity (Wildman–Crippen MR) is 244 cm³/mol. The lowest BCUT2D eigenvalue weighted by molar-refractivity contribution is -0.164. The smallest absolute Gasteiger partial charge is 0.278 e. The lowest BCUT2D eigenvalue weighted by Crippen LogP contribution is -2.74. The molecule has 65 heavy (non-hydrogen) atoms. The second-order valence-corrected chi connectivity index (χ2v) is 19.5. The van der Waals surface area contributed by atoms with Crippen LogP contribution in [0.25, 0.3) is 10.9 Å². The number of ether oxygens (including phenoxy) is 1. The zero-order valence-electron chi connectivity index (χ0n) is 37.1. The maximum Gasteiger partial charge on any atom is 0.278 e. The Morgan fingerprint density at radius 3 is 2.23 bits per heavy atom. The second kappa shape index (κ2) is 17.2. The van der Waals surface area contributed by atoms with Crippen LogP contribution in [0.1, 0.15) is 75.3 Å². The van der Waals surface area contributed by atoms with Crippen molar-refractivity contribution in [1.29, 1.82) is 5.26 Å². The molecule has 5 fully saturated rings.